The molecule has 0 atom stereocenters. The SMILES string of the molecule is Cc1ccc(-n2c(-c3ccncc3)nc3ccc(OCCCCCC(=O)O)cc32)cc1. The molecule has 158 valence electrons. The molecule has 0 spiro atoms. The zero-order valence-corrected chi connectivity index (χ0v) is 17.5. The van der Waals surface area contributed by atoms with Crippen molar-refractivity contribution in [3.63, 3.8) is 0 Å². The molecule has 0 saturated heterocycles. The lowest BCUT2D eigenvalue weighted by Crippen LogP contribution is -2.00. The van der Waals surface area contributed by atoms with Crippen molar-refractivity contribution >= 4 is 17.0 Å². The number of carboxylic acid groups (broad SMARTS) is 1. The van der Waals surface area contributed by atoms with Crippen LogP contribution in [-0.2, 0) is 4.79 Å². The quantitative estimate of drug-likeness (QED) is 0.369. The molecule has 0 aliphatic rings. The number of fused-ring (bicyclic) bond motifs is 1. The maximum Gasteiger partial charge on any atom is 0.303 e. The van der Waals surface area contributed by atoms with E-state index in [1.54, 1.807) is 12.4 Å². The Morgan fingerprint density at radius 2 is 1.77 bits per heavy atom. The molecule has 4 rings (SSSR count). The summed E-state index contributed by atoms with van der Waals surface area (Å²) in [5, 5.41) is 8.73. The molecule has 2 heterocycles. The van der Waals surface area contributed by atoms with Crippen LogP contribution >= 0.6 is 0 Å². The minimum atomic E-state index is -0.749. The number of hydrogen-bond acceptors (Lipinski definition) is 4. The van der Waals surface area contributed by atoms with E-state index in [1.165, 1.54) is 5.56 Å². The number of carbonyl (C=O) groups is 1. The van der Waals surface area contributed by atoms with Crippen LogP contribution in [0.4, 0.5) is 0 Å². The molecule has 0 bridgehead atoms. The molecule has 0 aliphatic carbocycles. The summed E-state index contributed by atoms with van der Waals surface area (Å²) in [5.41, 5.74) is 5.09. The average Bonchev–Trinajstić information content (AvgIpc) is 3.16. The number of aliphatic carboxylic acids is 1. The van der Waals surface area contributed by atoms with Crippen molar-refractivity contribution in [2.24, 2.45) is 0 Å². The van der Waals surface area contributed by atoms with E-state index in [1.807, 2.05) is 30.3 Å². The Balaban J connectivity index is 1.63. The zero-order chi connectivity index (χ0) is 21.6. The summed E-state index contributed by atoms with van der Waals surface area (Å²) in [4.78, 5) is 19.6. The lowest BCUT2D eigenvalue weighted by atomic mass is 10.2. The van der Waals surface area contributed by atoms with Gasteiger partial charge in [0.25, 0.3) is 0 Å². The summed E-state index contributed by atoms with van der Waals surface area (Å²) in [5.74, 6) is 0.882. The Labute approximate surface area is 181 Å². The Morgan fingerprint density at radius 3 is 2.52 bits per heavy atom. The standard InChI is InChI=1S/C25H25N3O3/c1-18-6-8-20(9-7-18)28-23-17-21(31-16-4-2-3-5-24(29)30)10-11-22(23)27-25(28)19-12-14-26-15-13-19/h6-15,17H,2-5,16H2,1H3,(H,29,30). The summed E-state index contributed by atoms with van der Waals surface area (Å²) in [6, 6.07) is 18.2. The fourth-order valence-electron chi connectivity index (χ4n) is 3.54. The number of carboxylic acids is 1. The molecule has 6 nitrogen and oxygen atoms in total. The fraction of sp³-hybridized carbons (Fsp3) is 0.240. The van der Waals surface area contributed by atoms with E-state index >= 15 is 0 Å². The molecule has 0 radical (unpaired) electrons. The third-order valence-electron chi connectivity index (χ3n) is 5.16. The number of ether oxygens (including phenoxy) is 1. The number of hydrogen-bond donors (Lipinski definition) is 1. The van der Waals surface area contributed by atoms with E-state index in [2.05, 4.69) is 40.7 Å². The minimum Gasteiger partial charge on any atom is -0.494 e. The average molecular weight is 415 g/mol. The second-order valence-corrected chi connectivity index (χ2v) is 7.55. The van der Waals surface area contributed by atoms with Crippen LogP contribution < -0.4 is 4.74 Å². The number of benzene rings is 2. The fourth-order valence-corrected chi connectivity index (χ4v) is 3.54. The topological polar surface area (TPSA) is 77.2 Å². The first-order valence-electron chi connectivity index (χ1n) is 10.5. The van der Waals surface area contributed by atoms with Gasteiger partial charge >= 0.3 is 5.97 Å². The van der Waals surface area contributed by atoms with Crippen LogP contribution in [-0.4, -0.2) is 32.2 Å². The highest BCUT2D eigenvalue weighted by Crippen LogP contribution is 2.30. The summed E-state index contributed by atoms with van der Waals surface area (Å²) in [6.07, 6.45) is 6.08. The first-order valence-corrected chi connectivity index (χ1v) is 10.5. The van der Waals surface area contributed by atoms with Gasteiger partial charge in [0.2, 0.25) is 0 Å². The molecule has 6 heteroatoms. The van der Waals surface area contributed by atoms with Crippen molar-refractivity contribution < 1.29 is 14.6 Å². The third kappa shape index (κ3) is 4.91. The van der Waals surface area contributed by atoms with E-state index in [-0.39, 0.29) is 6.42 Å². The Bertz CT molecular complexity index is 1170. The lowest BCUT2D eigenvalue weighted by molar-refractivity contribution is -0.137. The normalized spacial score (nSPS) is 11.0. The van der Waals surface area contributed by atoms with Crippen LogP contribution in [0.3, 0.4) is 0 Å². The van der Waals surface area contributed by atoms with Crippen LogP contribution in [0.2, 0.25) is 0 Å². The van der Waals surface area contributed by atoms with Gasteiger partial charge in [-0.05, 0) is 62.6 Å². The van der Waals surface area contributed by atoms with Crippen molar-refractivity contribution in [1.29, 1.82) is 0 Å². The maximum absolute atomic E-state index is 10.6. The van der Waals surface area contributed by atoms with Crippen molar-refractivity contribution in [3.8, 4) is 22.8 Å². The Kier molecular flexibility index (Phi) is 6.26. The lowest BCUT2D eigenvalue weighted by Gasteiger charge is -2.11. The maximum atomic E-state index is 10.6. The second-order valence-electron chi connectivity index (χ2n) is 7.55. The van der Waals surface area contributed by atoms with Gasteiger partial charge in [0.1, 0.15) is 11.6 Å². The van der Waals surface area contributed by atoms with Gasteiger partial charge in [0.15, 0.2) is 0 Å². The molecule has 1 N–H and O–H groups in total. The van der Waals surface area contributed by atoms with Crippen molar-refractivity contribution in [3.05, 3.63) is 72.6 Å². The predicted octanol–water partition coefficient (Wildman–Crippen LogP) is 5.42. The molecule has 31 heavy (non-hydrogen) atoms. The van der Waals surface area contributed by atoms with Gasteiger partial charge < -0.3 is 9.84 Å². The molecule has 0 unspecified atom stereocenters. The molecule has 0 amide bonds. The van der Waals surface area contributed by atoms with E-state index in [0.29, 0.717) is 13.0 Å². The number of aromatic nitrogens is 3. The highest BCUT2D eigenvalue weighted by atomic mass is 16.5. The number of imidazole rings is 1. The van der Waals surface area contributed by atoms with Gasteiger partial charge in [0.05, 0.1) is 17.6 Å². The van der Waals surface area contributed by atoms with Gasteiger partial charge in [-0.3, -0.25) is 14.3 Å². The van der Waals surface area contributed by atoms with Gasteiger partial charge in [-0.1, -0.05) is 17.7 Å². The molecular formula is C25H25N3O3. The van der Waals surface area contributed by atoms with E-state index < -0.39 is 5.97 Å². The van der Waals surface area contributed by atoms with Crippen LogP contribution in [0.15, 0.2) is 67.0 Å². The van der Waals surface area contributed by atoms with Crippen LogP contribution in [0, 0.1) is 6.92 Å². The minimum absolute atomic E-state index is 0.208. The third-order valence-corrected chi connectivity index (χ3v) is 5.16. The summed E-state index contributed by atoms with van der Waals surface area (Å²) >= 11 is 0. The highest BCUT2D eigenvalue weighted by Gasteiger charge is 2.15. The smallest absolute Gasteiger partial charge is 0.303 e. The van der Waals surface area contributed by atoms with E-state index in [0.717, 1.165) is 46.7 Å². The predicted molar refractivity (Wildman–Crippen MR) is 121 cm³/mol. The highest BCUT2D eigenvalue weighted by molar-refractivity contribution is 5.84. The van der Waals surface area contributed by atoms with Crippen LogP contribution in [0.5, 0.6) is 5.75 Å². The molecule has 0 aliphatic heterocycles. The van der Waals surface area contributed by atoms with Crippen molar-refractivity contribution in [2.45, 2.75) is 32.6 Å². The van der Waals surface area contributed by atoms with Gasteiger partial charge in [-0.15, -0.1) is 0 Å². The first kappa shape index (κ1) is 20.6. The number of unbranched alkanes of at least 4 members (excludes halogenated alkanes) is 2. The second kappa shape index (κ2) is 9.43. The Morgan fingerprint density at radius 1 is 1.00 bits per heavy atom. The largest absolute Gasteiger partial charge is 0.494 e. The van der Waals surface area contributed by atoms with E-state index in [9.17, 15) is 4.79 Å². The number of rotatable bonds is 9. The Hall–Kier alpha value is -3.67. The number of nitrogens with zero attached hydrogens (tertiary/aromatic N) is 3. The number of aryl methyl sites for hydroxylation is 1. The molecule has 2 aromatic heterocycles. The van der Waals surface area contributed by atoms with Crippen LogP contribution in [0.25, 0.3) is 28.1 Å². The van der Waals surface area contributed by atoms with Gasteiger partial charge in [-0.2, -0.15) is 0 Å². The van der Waals surface area contributed by atoms with Crippen molar-refractivity contribution in [2.75, 3.05) is 6.61 Å². The molecule has 4 aromatic rings. The van der Waals surface area contributed by atoms with E-state index in [4.69, 9.17) is 14.8 Å². The summed E-state index contributed by atoms with van der Waals surface area (Å²) in [7, 11) is 0. The monoisotopic (exact) mass is 415 g/mol. The van der Waals surface area contributed by atoms with Gasteiger partial charge in [0, 0.05) is 36.1 Å². The molecule has 0 fully saturated rings. The molecular weight excluding hydrogens is 390 g/mol. The summed E-state index contributed by atoms with van der Waals surface area (Å²) < 4.78 is 8.09. The van der Waals surface area contributed by atoms with Gasteiger partial charge in [-0.25, -0.2) is 4.98 Å². The molecule has 2 aromatic carbocycles. The van der Waals surface area contributed by atoms with Crippen molar-refractivity contribution in [1.82, 2.24) is 14.5 Å². The first-order chi connectivity index (χ1) is 15.1. The van der Waals surface area contributed by atoms with Crippen LogP contribution in [0.1, 0.15) is 31.2 Å². The zero-order valence-electron chi connectivity index (χ0n) is 17.5. The summed E-state index contributed by atoms with van der Waals surface area (Å²) in [6.45, 7) is 2.63. The number of pyridine rings is 1. The molecule has 0 saturated carbocycles.